The molecule has 0 saturated carbocycles. The summed E-state index contributed by atoms with van der Waals surface area (Å²) in [5, 5.41) is 0. The Balaban J connectivity index is 2.14. The van der Waals surface area contributed by atoms with E-state index in [9.17, 15) is 21.6 Å². The van der Waals surface area contributed by atoms with Crippen LogP contribution in [0.15, 0.2) is 18.5 Å². The van der Waals surface area contributed by atoms with Crippen LogP contribution < -0.4 is 4.90 Å². The maximum Gasteiger partial charge on any atom is 0.517 e. The second-order valence-corrected chi connectivity index (χ2v) is 6.50. The zero-order valence-electron chi connectivity index (χ0n) is 10.7. The molecule has 1 aliphatic rings. The summed E-state index contributed by atoms with van der Waals surface area (Å²) in [7, 11) is -5.53. The molecule has 3 heterocycles. The van der Waals surface area contributed by atoms with Crippen LogP contribution in [0.3, 0.4) is 0 Å². The SMILES string of the molecule is O=S(=O)(n1cnc2ccc(N3CCCC3)nc21)C(F)(F)F. The van der Waals surface area contributed by atoms with Gasteiger partial charge in [-0.05, 0) is 25.0 Å². The van der Waals surface area contributed by atoms with Crippen LogP contribution in [-0.4, -0.2) is 41.0 Å². The summed E-state index contributed by atoms with van der Waals surface area (Å²) in [6.07, 6.45) is 2.58. The summed E-state index contributed by atoms with van der Waals surface area (Å²) in [5.74, 6) is 0.458. The minimum Gasteiger partial charge on any atom is -0.357 e. The first-order valence-electron chi connectivity index (χ1n) is 6.21. The number of fused-ring (bicyclic) bond motifs is 1. The predicted octanol–water partition coefficient (Wildman–Crippen LogP) is 1.73. The van der Waals surface area contributed by atoms with E-state index < -0.39 is 15.5 Å². The van der Waals surface area contributed by atoms with Crippen molar-refractivity contribution < 1.29 is 21.6 Å². The van der Waals surface area contributed by atoms with Gasteiger partial charge in [0.1, 0.15) is 17.7 Å². The summed E-state index contributed by atoms with van der Waals surface area (Å²) in [4.78, 5) is 9.61. The van der Waals surface area contributed by atoms with Crippen molar-refractivity contribution in [1.29, 1.82) is 0 Å². The molecule has 3 rings (SSSR count). The number of imidazole rings is 1. The number of halogens is 3. The summed E-state index contributed by atoms with van der Waals surface area (Å²) in [6.45, 7) is 1.50. The standard InChI is InChI=1S/C11H11F3N4O2S/c12-11(13,14)21(19,20)18-7-15-8-3-4-9(16-10(8)18)17-5-1-2-6-17/h3-4,7H,1-2,5-6H2. The maximum atomic E-state index is 12.7. The van der Waals surface area contributed by atoms with E-state index in [1.54, 1.807) is 6.07 Å². The number of rotatable bonds is 2. The van der Waals surface area contributed by atoms with Crippen molar-refractivity contribution in [3.05, 3.63) is 18.5 Å². The van der Waals surface area contributed by atoms with E-state index in [4.69, 9.17) is 0 Å². The van der Waals surface area contributed by atoms with E-state index in [-0.39, 0.29) is 15.1 Å². The number of hydrogen-bond acceptors (Lipinski definition) is 5. The van der Waals surface area contributed by atoms with Crippen LogP contribution in [0.2, 0.25) is 0 Å². The highest BCUT2D eigenvalue weighted by atomic mass is 32.2. The van der Waals surface area contributed by atoms with Gasteiger partial charge in [-0.25, -0.2) is 13.9 Å². The zero-order chi connectivity index (χ0) is 15.3. The Bertz CT molecular complexity index is 778. The normalized spacial score (nSPS) is 16.8. The number of hydrogen-bond donors (Lipinski definition) is 0. The first kappa shape index (κ1) is 14.1. The third-order valence-electron chi connectivity index (χ3n) is 3.33. The van der Waals surface area contributed by atoms with Gasteiger partial charge in [-0.2, -0.15) is 21.6 Å². The van der Waals surface area contributed by atoms with Crippen LogP contribution >= 0.6 is 0 Å². The van der Waals surface area contributed by atoms with Crippen LogP contribution in [0.4, 0.5) is 19.0 Å². The molecule has 0 aromatic carbocycles. The molecule has 0 unspecified atom stereocenters. The van der Waals surface area contributed by atoms with Crippen LogP contribution in [-0.2, 0) is 10.0 Å². The first-order valence-corrected chi connectivity index (χ1v) is 7.65. The average molecular weight is 320 g/mol. The molecule has 2 aromatic heterocycles. The number of nitrogens with zero attached hydrogens (tertiary/aromatic N) is 4. The molecule has 1 aliphatic heterocycles. The quantitative estimate of drug-likeness (QED) is 0.843. The summed E-state index contributed by atoms with van der Waals surface area (Å²) in [5.41, 5.74) is -5.60. The fourth-order valence-corrected chi connectivity index (χ4v) is 3.03. The second-order valence-electron chi connectivity index (χ2n) is 4.70. The summed E-state index contributed by atoms with van der Waals surface area (Å²) >= 11 is 0. The van der Waals surface area contributed by atoms with E-state index in [1.807, 2.05) is 4.90 Å². The molecule has 1 saturated heterocycles. The molecule has 0 atom stereocenters. The molecule has 10 heteroatoms. The Hall–Kier alpha value is -1.84. The molecular weight excluding hydrogens is 309 g/mol. The number of aromatic nitrogens is 3. The van der Waals surface area contributed by atoms with Gasteiger partial charge in [-0.1, -0.05) is 0 Å². The van der Waals surface area contributed by atoms with Crippen molar-refractivity contribution in [3.8, 4) is 0 Å². The van der Waals surface area contributed by atoms with E-state index in [0.717, 1.165) is 25.9 Å². The molecule has 0 aliphatic carbocycles. The third kappa shape index (κ3) is 2.23. The third-order valence-corrected chi connectivity index (χ3v) is 4.70. The van der Waals surface area contributed by atoms with Gasteiger partial charge in [0.15, 0.2) is 5.65 Å². The van der Waals surface area contributed by atoms with Gasteiger partial charge in [0.25, 0.3) is 0 Å². The first-order chi connectivity index (χ1) is 9.80. The monoisotopic (exact) mass is 320 g/mol. The maximum absolute atomic E-state index is 12.7. The van der Waals surface area contributed by atoms with Crippen molar-refractivity contribution in [1.82, 2.24) is 13.9 Å². The number of pyridine rings is 1. The molecule has 2 aromatic rings. The van der Waals surface area contributed by atoms with E-state index >= 15 is 0 Å². The van der Waals surface area contributed by atoms with E-state index in [0.29, 0.717) is 12.1 Å². The lowest BCUT2D eigenvalue weighted by Gasteiger charge is -2.16. The van der Waals surface area contributed by atoms with E-state index in [2.05, 4.69) is 9.97 Å². The highest BCUT2D eigenvalue weighted by Gasteiger charge is 2.48. The molecule has 114 valence electrons. The summed E-state index contributed by atoms with van der Waals surface area (Å²) in [6, 6.07) is 3.10. The van der Waals surface area contributed by atoms with Gasteiger partial charge in [0, 0.05) is 13.1 Å². The van der Waals surface area contributed by atoms with Crippen molar-refractivity contribution in [2.45, 2.75) is 18.3 Å². The highest BCUT2D eigenvalue weighted by molar-refractivity contribution is 7.90. The van der Waals surface area contributed by atoms with Gasteiger partial charge in [0.05, 0.1) is 0 Å². The van der Waals surface area contributed by atoms with Crippen LogP contribution in [0, 0.1) is 0 Å². The van der Waals surface area contributed by atoms with Gasteiger partial charge < -0.3 is 4.90 Å². The average Bonchev–Trinajstić information content (AvgIpc) is 3.06. The number of anilines is 1. The Morgan fingerprint density at radius 1 is 1.14 bits per heavy atom. The van der Waals surface area contributed by atoms with Crippen molar-refractivity contribution in [3.63, 3.8) is 0 Å². The lowest BCUT2D eigenvalue weighted by molar-refractivity contribution is -0.0445. The van der Waals surface area contributed by atoms with Crippen molar-refractivity contribution >= 4 is 27.0 Å². The second kappa shape index (κ2) is 4.58. The fourth-order valence-electron chi connectivity index (χ4n) is 2.27. The fraction of sp³-hybridized carbons (Fsp3) is 0.455. The van der Waals surface area contributed by atoms with E-state index in [1.165, 1.54) is 6.07 Å². The van der Waals surface area contributed by atoms with Crippen molar-refractivity contribution in [2.75, 3.05) is 18.0 Å². The lowest BCUT2D eigenvalue weighted by Crippen LogP contribution is -2.29. The molecule has 0 bridgehead atoms. The van der Waals surface area contributed by atoms with Crippen LogP contribution in [0.25, 0.3) is 11.2 Å². The lowest BCUT2D eigenvalue weighted by atomic mass is 10.4. The Morgan fingerprint density at radius 2 is 1.81 bits per heavy atom. The Kier molecular flexibility index (Phi) is 3.08. The minimum atomic E-state index is -5.53. The molecule has 0 N–H and O–H groups in total. The number of alkyl halides is 3. The van der Waals surface area contributed by atoms with Gasteiger partial charge in [0.2, 0.25) is 0 Å². The topological polar surface area (TPSA) is 68.1 Å². The molecule has 0 amide bonds. The van der Waals surface area contributed by atoms with Crippen molar-refractivity contribution in [2.24, 2.45) is 0 Å². The minimum absolute atomic E-state index is 0.0852. The molecule has 1 fully saturated rings. The van der Waals surface area contributed by atoms with Gasteiger partial charge in [-0.15, -0.1) is 0 Å². The summed E-state index contributed by atoms with van der Waals surface area (Å²) < 4.78 is 61.1. The highest BCUT2D eigenvalue weighted by Crippen LogP contribution is 2.28. The molecule has 6 nitrogen and oxygen atoms in total. The Labute approximate surface area is 118 Å². The smallest absolute Gasteiger partial charge is 0.357 e. The van der Waals surface area contributed by atoms with Gasteiger partial charge in [-0.3, -0.25) is 0 Å². The molecule has 21 heavy (non-hydrogen) atoms. The van der Waals surface area contributed by atoms with Gasteiger partial charge >= 0.3 is 15.5 Å². The van der Waals surface area contributed by atoms with Crippen LogP contribution in [0.1, 0.15) is 12.8 Å². The largest absolute Gasteiger partial charge is 0.517 e. The van der Waals surface area contributed by atoms with Crippen LogP contribution in [0.5, 0.6) is 0 Å². The molecular formula is C11H11F3N4O2S. The predicted molar refractivity (Wildman–Crippen MR) is 69.3 cm³/mol. The zero-order valence-corrected chi connectivity index (χ0v) is 11.5. The molecule has 0 radical (unpaired) electrons. The Morgan fingerprint density at radius 3 is 2.43 bits per heavy atom. The molecule has 0 spiro atoms.